The molecule has 17 rings (SSSR count). The quantitative estimate of drug-likeness (QED) is 0.122. The van der Waals surface area contributed by atoms with Crippen molar-refractivity contribution in [2.75, 3.05) is 0 Å². The van der Waals surface area contributed by atoms with Gasteiger partial charge in [0, 0.05) is 0 Å². The van der Waals surface area contributed by atoms with Crippen molar-refractivity contribution in [1.29, 1.82) is 0 Å². The zero-order chi connectivity index (χ0) is 64.2. The minimum atomic E-state index is -0.0769. The number of fused-ring (bicyclic) bond motifs is 14. The molecule has 452 valence electrons. The summed E-state index contributed by atoms with van der Waals surface area (Å²) in [6.07, 6.45) is 0. The Morgan fingerprint density at radius 1 is 0.174 bits per heavy atom. The minimum Gasteiger partial charge on any atom is -0.0616 e. The first-order chi connectivity index (χ1) is 43.4. The van der Waals surface area contributed by atoms with Gasteiger partial charge >= 0.3 is 0 Å². The van der Waals surface area contributed by atoms with E-state index in [0.717, 1.165) is 0 Å². The Balaban J connectivity index is 1.04. The van der Waals surface area contributed by atoms with Gasteiger partial charge in [-0.3, -0.25) is 0 Å². The van der Waals surface area contributed by atoms with Crippen LogP contribution < -0.4 is 0 Å². The van der Waals surface area contributed by atoms with Gasteiger partial charge in [0.05, 0.1) is 0 Å². The molecule has 0 amide bonds. The van der Waals surface area contributed by atoms with Crippen LogP contribution in [0.5, 0.6) is 0 Å². The van der Waals surface area contributed by atoms with E-state index in [1.807, 2.05) is 0 Å². The van der Waals surface area contributed by atoms with E-state index in [0.29, 0.717) is 0 Å². The maximum atomic E-state index is 2.55. The van der Waals surface area contributed by atoms with Gasteiger partial charge in [-0.05, 0) is 252 Å². The van der Waals surface area contributed by atoms with Crippen molar-refractivity contribution in [3.05, 3.63) is 215 Å². The summed E-state index contributed by atoms with van der Waals surface area (Å²) in [7, 11) is 0. The Labute approximate surface area is 543 Å². The van der Waals surface area contributed by atoms with Gasteiger partial charge < -0.3 is 0 Å². The summed E-state index contributed by atoms with van der Waals surface area (Å²) < 4.78 is 0. The molecule has 0 aromatic heterocycles. The Bertz CT molecular complexity index is 5600. The predicted octanol–water partition coefficient (Wildman–Crippen LogP) is 27.1. The highest BCUT2D eigenvalue weighted by Gasteiger charge is 2.36. The van der Waals surface area contributed by atoms with E-state index in [1.165, 1.54) is 208 Å². The Hall–Kier alpha value is -8.84. The molecule has 1 aliphatic rings. The number of hydrogen-bond acceptors (Lipinski definition) is 0. The average molecular weight is 1190 g/mol. The number of rotatable bonds is 3. The molecule has 0 saturated heterocycles. The number of benzene rings is 14. The van der Waals surface area contributed by atoms with Crippen molar-refractivity contribution < 1.29 is 0 Å². The second-order valence-corrected chi connectivity index (χ2v) is 34.1. The molecule has 0 aliphatic heterocycles. The van der Waals surface area contributed by atoms with Gasteiger partial charge in [-0.15, -0.1) is 0 Å². The third kappa shape index (κ3) is 8.01. The normalized spacial score (nSPS) is 13.8. The zero-order valence-corrected chi connectivity index (χ0v) is 57.3. The molecule has 16 aromatic carbocycles. The third-order valence-electron chi connectivity index (χ3n) is 21.8. The largest absolute Gasteiger partial charge is 0.0616 e. The molecule has 1 aliphatic carbocycles. The average Bonchev–Trinajstić information content (AvgIpc) is 1.49. The van der Waals surface area contributed by atoms with Crippen LogP contribution >= 0.6 is 0 Å². The lowest BCUT2D eigenvalue weighted by Gasteiger charge is -2.29. The highest BCUT2D eigenvalue weighted by atomic mass is 14.4. The van der Waals surface area contributed by atoms with Crippen LogP contribution in [0.1, 0.15) is 158 Å². The van der Waals surface area contributed by atoms with Crippen LogP contribution in [-0.4, -0.2) is 0 Å². The summed E-state index contributed by atoms with van der Waals surface area (Å²) in [6.45, 7) is 42.8. The van der Waals surface area contributed by atoms with E-state index < -0.39 is 0 Å². The van der Waals surface area contributed by atoms with Gasteiger partial charge in [0.15, 0.2) is 0 Å². The van der Waals surface area contributed by atoms with Crippen LogP contribution in [0.4, 0.5) is 0 Å². The predicted molar refractivity (Wildman–Crippen MR) is 406 cm³/mol. The van der Waals surface area contributed by atoms with Crippen molar-refractivity contribution >= 4 is 118 Å². The maximum Gasteiger partial charge on any atom is -0.000696 e. The molecule has 16 aromatic rings. The van der Waals surface area contributed by atoms with E-state index in [9.17, 15) is 0 Å². The van der Waals surface area contributed by atoms with E-state index >= 15 is 0 Å². The van der Waals surface area contributed by atoms with Crippen molar-refractivity contribution in [3.63, 3.8) is 0 Å². The van der Waals surface area contributed by atoms with Crippen molar-refractivity contribution in [2.45, 2.75) is 157 Å². The van der Waals surface area contributed by atoms with Crippen LogP contribution in [-0.2, 0) is 32.5 Å². The van der Waals surface area contributed by atoms with Crippen LogP contribution in [0.15, 0.2) is 182 Å². The molecule has 0 saturated carbocycles. The standard InChI is InChI=1S/C92H84/c1-87(2,3)54-38-51(39-55(46-54)88(4,5)6)74-67-29-23-28-61-60-26-21-22-27-62(60)82(79(61)67)86-71-37-33-66-64-32-36-70-80-69(35-31-63(77(64)80)65-30-34-68(83(74)86)81(71)78(65)66)84-75(52-40-56(89(7,8)9)47-57(41-52)90(10,11)12)72-44-49-24-19-20-25-50(49)45-73(72)76(85(70)84)53-42-58(91(13,14)15)48-59(43-53)92(16,17)18/h19-48H,1-18H3. The third-order valence-corrected chi connectivity index (χ3v) is 21.8. The second kappa shape index (κ2) is 18.5. The molecule has 0 bridgehead atoms. The fourth-order valence-corrected chi connectivity index (χ4v) is 16.8. The molecule has 92 heavy (non-hydrogen) atoms. The molecular formula is C92H84. The Morgan fingerprint density at radius 2 is 0.457 bits per heavy atom. The SMILES string of the molecule is CC(C)(C)c1cc(-c2c3c(c(-c4cc(C(C)(C)C)cc(C(C)(C)C)c4)c4cc5ccccc5cc24)-c2ccc4c5ccc6c7c(ccc(c8ccc-3c2c84)c57)c2c(-c3cc(C(C)(C)C)cc(C(C)(C)C)c3)c3cccc4c5ccccc5c(c34)c62)cc(C(C)(C)C)c1. The summed E-state index contributed by atoms with van der Waals surface area (Å²) in [6, 6.07) is 73.5. The Kier molecular flexibility index (Phi) is 11.5. The fourth-order valence-electron chi connectivity index (χ4n) is 16.8. The lowest BCUT2D eigenvalue weighted by atomic mass is 9.75. The molecule has 0 atom stereocenters. The molecule has 0 nitrogen and oxygen atoms in total. The molecule has 0 N–H and O–H groups in total. The highest BCUT2D eigenvalue weighted by molar-refractivity contribution is 6.51. The molecule has 0 fully saturated rings. The monoisotopic (exact) mass is 1190 g/mol. The van der Waals surface area contributed by atoms with Crippen LogP contribution in [0.2, 0.25) is 0 Å². The van der Waals surface area contributed by atoms with E-state index in [1.54, 1.807) is 0 Å². The smallest absolute Gasteiger partial charge is 0.000696 e. The van der Waals surface area contributed by atoms with Crippen molar-refractivity contribution in [1.82, 2.24) is 0 Å². The van der Waals surface area contributed by atoms with Gasteiger partial charge in [0.25, 0.3) is 0 Å². The van der Waals surface area contributed by atoms with E-state index in [-0.39, 0.29) is 32.5 Å². The molecule has 0 spiro atoms. The second-order valence-electron chi connectivity index (χ2n) is 34.1. The summed E-state index contributed by atoms with van der Waals surface area (Å²) >= 11 is 0. The summed E-state index contributed by atoms with van der Waals surface area (Å²) in [5, 5.41) is 29.5. The first-order valence-electron chi connectivity index (χ1n) is 33.9. The molecule has 0 heterocycles. The molecule has 0 radical (unpaired) electrons. The highest BCUT2D eigenvalue weighted by Crippen LogP contribution is 2.62. The fraction of sp³-hybridized carbons (Fsp3) is 0.261. The summed E-state index contributed by atoms with van der Waals surface area (Å²) in [4.78, 5) is 0. The van der Waals surface area contributed by atoms with Crippen LogP contribution in [0.3, 0.4) is 0 Å². The Morgan fingerprint density at radius 3 is 0.880 bits per heavy atom. The van der Waals surface area contributed by atoms with Gasteiger partial charge in [-0.1, -0.05) is 294 Å². The van der Waals surface area contributed by atoms with Gasteiger partial charge in [0.1, 0.15) is 0 Å². The zero-order valence-electron chi connectivity index (χ0n) is 57.3. The molecular weight excluding hydrogens is 1110 g/mol. The van der Waals surface area contributed by atoms with Gasteiger partial charge in [0.2, 0.25) is 0 Å². The van der Waals surface area contributed by atoms with E-state index in [2.05, 4.69) is 307 Å². The lowest BCUT2D eigenvalue weighted by Crippen LogP contribution is -2.17. The maximum absolute atomic E-state index is 2.55. The minimum absolute atomic E-state index is 0.0451. The van der Waals surface area contributed by atoms with Gasteiger partial charge in [-0.2, -0.15) is 0 Å². The van der Waals surface area contributed by atoms with Gasteiger partial charge in [-0.25, -0.2) is 0 Å². The summed E-state index contributed by atoms with van der Waals surface area (Å²) in [5.74, 6) is 0. The van der Waals surface area contributed by atoms with E-state index in [4.69, 9.17) is 0 Å². The topological polar surface area (TPSA) is 0 Å². The molecule has 0 unspecified atom stereocenters. The number of hydrogen-bond donors (Lipinski definition) is 0. The van der Waals surface area contributed by atoms with Crippen molar-refractivity contribution in [2.24, 2.45) is 0 Å². The molecule has 0 heteroatoms. The lowest BCUT2D eigenvalue weighted by molar-refractivity contribution is 0.568. The van der Waals surface area contributed by atoms with Crippen LogP contribution in [0, 0.1) is 0 Å². The van der Waals surface area contributed by atoms with Crippen LogP contribution in [0.25, 0.3) is 174 Å². The first-order valence-corrected chi connectivity index (χ1v) is 33.9. The summed E-state index contributed by atoms with van der Waals surface area (Å²) in [5.41, 5.74) is 21.1. The first kappa shape index (κ1) is 57.1. The van der Waals surface area contributed by atoms with Crippen molar-refractivity contribution in [3.8, 4) is 55.6 Å².